The highest BCUT2D eigenvalue weighted by Crippen LogP contribution is 2.28. The van der Waals surface area contributed by atoms with E-state index in [9.17, 15) is 5.11 Å². The quantitative estimate of drug-likeness (QED) is 0.671. The lowest BCUT2D eigenvalue weighted by molar-refractivity contribution is 0.392. The highest BCUT2D eigenvalue weighted by atomic mass is 31.0. The van der Waals surface area contributed by atoms with E-state index < -0.39 is 0 Å². The Morgan fingerprint density at radius 1 is 1.08 bits per heavy atom. The number of rotatable bonds is 6. The predicted octanol–water partition coefficient (Wildman–Crippen LogP) is 5.63. The number of aromatic hydroxyl groups is 1. The maximum absolute atomic E-state index is 10.3. The molecule has 0 aromatic heterocycles. The summed E-state index contributed by atoms with van der Waals surface area (Å²) in [6.45, 7) is 4.27. The third-order valence-corrected chi connectivity index (χ3v) is 5.13. The molecule has 0 aliphatic heterocycles. The molecule has 3 heteroatoms. The van der Waals surface area contributed by atoms with Gasteiger partial charge in [0.15, 0.2) is 0 Å². The molecule has 0 fully saturated rings. The van der Waals surface area contributed by atoms with Gasteiger partial charge in [-0.15, -0.1) is 0 Å². The SMILES string of the molecule is Cc1cc(OCP)cc(C)c1Cc1ccc(O)c(CC2=CC=CCC2)c1. The van der Waals surface area contributed by atoms with Crippen molar-refractivity contribution in [2.75, 3.05) is 6.35 Å². The molecule has 1 aliphatic rings. The normalized spacial score (nSPS) is 13.6. The molecule has 1 N–H and O–H groups in total. The van der Waals surface area contributed by atoms with E-state index in [-0.39, 0.29) is 0 Å². The third-order valence-electron chi connectivity index (χ3n) is 4.96. The van der Waals surface area contributed by atoms with Gasteiger partial charge in [0, 0.05) is 0 Å². The second-order valence-corrected chi connectivity index (χ2v) is 7.29. The van der Waals surface area contributed by atoms with Crippen molar-refractivity contribution >= 4 is 9.24 Å². The summed E-state index contributed by atoms with van der Waals surface area (Å²) >= 11 is 0. The first-order valence-corrected chi connectivity index (χ1v) is 9.97. The molecule has 1 unspecified atom stereocenters. The van der Waals surface area contributed by atoms with Gasteiger partial charge < -0.3 is 9.84 Å². The standard InChI is InChI=1S/C23H27O2P/c1-16-10-21(25-15-26)11-17(2)22(16)14-19-8-9-23(24)20(13-19)12-18-6-4-3-5-7-18/h3-4,6,8-11,13,24H,5,7,12,14-15,26H2,1-2H3. The predicted molar refractivity (Wildman–Crippen MR) is 112 cm³/mol. The van der Waals surface area contributed by atoms with Gasteiger partial charge in [-0.2, -0.15) is 0 Å². The van der Waals surface area contributed by atoms with Gasteiger partial charge in [-0.25, -0.2) is 0 Å². The molecule has 136 valence electrons. The molecule has 3 rings (SSSR count). The Kier molecular flexibility index (Phi) is 6.16. The van der Waals surface area contributed by atoms with E-state index in [0.29, 0.717) is 12.1 Å². The zero-order valence-corrected chi connectivity index (χ0v) is 16.7. The monoisotopic (exact) mass is 366 g/mol. The number of allylic oxidation sites excluding steroid dienone is 4. The maximum atomic E-state index is 10.3. The molecule has 2 aromatic rings. The summed E-state index contributed by atoms with van der Waals surface area (Å²) in [5.41, 5.74) is 7.45. The van der Waals surface area contributed by atoms with Crippen molar-refractivity contribution in [2.24, 2.45) is 0 Å². The summed E-state index contributed by atoms with van der Waals surface area (Å²) in [6, 6.07) is 10.2. The van der Waals surface area contributed by atoms with Gasteiger partial charge in [-0.3, -0.25) is 0 Å². The van der Waals surface area contributed by atoms with E-state index >= 15 is 0 Å². The Morgan fingerprint density at radius 2 is 1.85 bits per heavy atom. The molecule has 0 saturated carbocycles. The fraction of sp³-hybridized carbons (Fsp3) is 0.304. The Bertz CT molecular complexity index is 826. The Labute approximate surface area is 158 Å². The summed E-state index contributed by atoms with van der Waals surface area (Å²) in [5, 5.41) is 10.3. The summed E-state index contributed by atoms with van der Waals surface area (Å²) in [5.74, 6) is 1.31. The van der Waals surface area contributed by atoms with Crippen LogP contribution in [0.2, 0.25) is 0 Å². The van der Waals surface area contributed by atoms with Gasteiger partial charge >= 0.3 is 0 Å². The summed E-state index contributed by atoms with van der Waals surface area (Å²) < 4.78 is 5.61. The molecular formula is C23H27O2P. The van der Waals surface area contributed by atoms with Crippen molar-refractivity contribution in [3.63, 3.8) is 0 Å². The van der Waals surface area contributed by atoms with Crippen LogP contribution in [0, 0.1) is 13.8 Å². The van der Waals surface area contributed by atoms with Crippen molar-refractivity contribution in [3.8, 4) is 11.5 Å². The van der Waals surface area contributed by atoms with Crippen molar-refractivity contribution < 1.29 is 9.84 Å². The molecule has 0 bridgehead atoms. The molecule has 0 radical (unpaired) electrons. The van der Waals surface area contributed by atoms with Crippen molar-refractivity contribution in [1.82, 2.24) is 0 Å². The van der Waals surface area contributed by atoms with E-state index in [1.54, 1.807) is 0 Å². The minimum atomic E-state index is 0.391. The largest absolute Gasteiger partial charge is 0.508 e. The Hall–Kier alpha value is -2.05. The first-order valence-electron chi connectivity index (χ1n) is 9.15. The van der Waals surface area contributed by atoms with E-state index in [2.05, 4.69) is 59.5 Å². The minimum Gasteiger partial charge on any atom is -0.508 e. The number of ether oxygens (including phenoxy) is 1. The van der Waals surface area contributed by atoms with Gasteiger partial charge in [0.05, 0.1) is 0 Å². The zero-order valence-electron chi connectivity index (χ0n) is 15.6. The molecule has 0 heterocycles. The second-order valence-electron chi connectivity index (χ2n) is 6.95. The van der Waals surface area contributed by atoms with Gasteiger partial charge in [0.1, 0.15) is 17.8 Å². The van der Waals surface area contributed by atoms with Crippen molar-refractivity contribution in [3.05, 3.63) is 82.0 Å². The van der Waals surface area contributed by atoms with Crippen molar-refractivity contribution in [2.45, 2.75) is 39.5 Å². The minimum absolute atomic E-state index is 0.391. The lowest BCUT2D eigenvalue weighted by Gasteiger charge is -2.15. The van der Waals surface area contributed by atoms with Gasteiger partial charge in [-0.05, 0) is 85.5 Å². The zero-order chi connectivity index (χ0) is 18.5. The van der Waals surface area contributed by atoms with E-state index in [1.165, 1.54) is 27.8 Å². The average Bonchev–Trinajstić information content (AvgIpc) is 2.62. The van der Waals surface area contributed by atoms with E-state index in [1.807, 2.05) is 12.1 Å². The molecular weight excluding hydrogens is 339 g/mol. The van der Waals surface area contributed by atoms with Crippen LogP contribution >= 0.6 is 9.24 Å². The molecule has 0 saturated heterocycles. The molecule has 1 atom stereocenters. The van der Waals surface area contributed by atoms with E-state index in [4.69, 9.17) is 4.74 Å². The third kappa shape index (κ3) is 4.56. The number of benzene rings is 2. The molecule has 0 spiro atoms. The first kappa shape index (κ1) is 18.7. The lowest BCUT2D eigenvalue weighted by Crippen LogP contribution is -2.00. The highest BCUT2D eigenvalue weighted by Gasteiger charge is 2.11. The lowest BCUT2D eigenvalue weighted by atomic mass is 9.92. The summed E-state index contributed by atoms with van der Waals surface area (Å²) in [4.78, 5) is 0. The molecule has 2 nitrogen and oxygen atoms in total. The van der Waals surface area contributed by atoms with E-state index in [0.717, 1.165) is 37.0 Å². The van der Waals surface area contributed by atoms with Crippen molar-refractivity contribution in [1.29, 1.82) is 0 Å². The van der Waals surface area contributed by atoms with Crippen LogP contribution in [0.15, 0.2) is 54.1 Å². The summed E-state index contributed by atoms with van der Waals surface area (Å²) in [7, 11) is 2.59. The molecule has 1 aliphatic carbocycles. The highest BCUT2D eigenvalue weighted by molar-refractivity contribution is 7.16. The molecule has 0 amide bonds. The van der Waals surface area contributed by atoms with Crippen LogP contribution < -0.4 is 4.74 Å². The van der Waals surface area contributed by atoms with Crippen LogP contribution in [0.3, 0.4) is 0 Å². The first-order chi connectivity index (χ1) is 12.6. The Balaban J connectivity index is 1.83. The van der Waals surface area contributed by atoms with Gasteiger partial charge in [0.25, 0.3) is 0 Å². The average molecular weight is 366 g/mol. The van der Waals surface area contributed by atoms with Crippen LogP contribution in [0.4, 0.5) is 0 Å². The number of phenolic OH excluding ortho intramolecular Hbond substituents is 1. The molecule has 26 heavy (non-hydrogen) atoms. The van der Waals surface area contributed by atoms with Crippen LogP contribution in [0.25, 0.3) is 0 Å². The van der Waals surface area contributed by atoms with Crippen LogP contribution in [-0.4, -0.2) is 11.5 Å². The van der Waals surface area contributed by atoms with Crippen LogP contribution in [-0.2, 0) is 12.8 Å². The molecule has 2 aromatic carbocycles. The topological polar surface area (TPSA) is 29.5 Å². The number of hydrogen-bond acceptors (Lipinski definition) is 2. The Morgan fingerprint density at radius 3 is 2.50 bits per heavy atom. The van der Waals surface area contributed by atoms with Gasteiger partial charge in [0.2, 0.25) is 0 Å². The second kappa shape index (κ2) is 8.56. The number of hydrogen-bond donors (Lipinski definition) is 1. The number of aryl methyl sites for hydroxylation is 2. The van der Waals surface area contributed by atoms with Crippen LogP contribution in [0.5, 0.6) is 11.5 Å². The fourth-order valence-corrected chi connectivity index (χ4v) is 3.74. The summed E-state index contributed by atoms with van der Waals surface area (Å²) in [6.07, 6.45) is 10.9. The fourth-order valence-electron chi connectivity index (χ4n) is 3.55. The number of phenols is 1. The van der Waals surface area contributed by atoms with Gasteiger partial charge in [-0.1, -0.05) is 45.2 Å². The van der Waals surface area contributed by atoms with Crippen LogP contribution in [0.1, 0.15) is 40.7 Å². The smallest absolute Gasteiger partial charge is 0.120 e. The maximum Gasteiger partial charge on any atom is 0.120 e.